The molecule has 3 aromatic rings. The van der Waals surface area contributed by atoms with E-state index in [4.69, 9.17) is 13.9 Å². The molecule has 0 atom stereocenters. The van der Waals surface area contributed by atoms with Crippen LogP contribution in [-0.4, -0.2) is 49.0 Å². The van der Waals surface area contributed by atoms with Crippen LogP contribution in [0.1, 0.15) is 0 Å². The Bertz CT molecular complexity index is 906. The van der Waals surface area contributed by atoms with E-state index >= 15 is 0 Å². The second kappa shape index (κ2) is 8.53. The lowest BCUT2D eigenvalue weighted by Crippen LogP contribution is -2.36. The fraction of sp³-hybridized carbons (Fsp3) is 0.250. The molecule has 1 aliphatic rings. The molecular formula is C20H20N4O4. The van der Waals surface area contributed by atoms with Crippen molar-refractivity contribution >= 4 is 17.3 Å². The monoisotopic (exact) mass is 380 g/mol. The van der Waals surface area contributed by atoms with E-state index in [1.54, 1.807) is 12.1 Å². The van der Waals surface area contributed by atoms with E-state index in [9.17, 15) is 4.79 Å². The predicted octanol–water partition coefficient (Wildman–Crippen LogP) is 2.59. The minimum absolute atomic E-state index is 0.129. The molecule has 144 valence electrons. The number of ether oxygens (including phenoxy) is 2. The van der Waals surface area contributed by atoms with Crippen molar-refractivity contribution in [1.29, 1.82) is 0 Å². The van der Waals surface area contributed by atoms with Crippen molar-refractivity contribution in [2.24, 2.45) is 0 Å². The van der Waals surface area contributed by atoms with E-state index < -0.39 is 0 Å². The highest BCUT2D eigenvalue weighted by Crippen LogP contribution is 2.28. The van der Waals surface area contributed by atoms with Crippen LogP contribution in [-0.2, 0) is 9.53 Å². The van der Waals surface area contributed by atoms with Gasteiger partial charge in [-0.1, -0.05) is 12.1 Å². The molecule has 0 bridgehead atoms. The molecule has 0 saturated carbocycles. The van der Waals surface area contributed by atoms with Crippen molar-refractivity contribution in [2.75, 3.05) is 43.1 Å². The molecule has 2 aromatic carbocycles. The number of nitrogens with zero attached hydrogens (tertiary/aromatic N) is 3. The van der Waals surface area contributed by atoms with Crippen LogP contribution in [0.15, 0.2) is 59.3 Å². The Labute approximate surface area is 162 Å². The van der Waals surface area contributed by atoms with Gasteiger partial charge in [-0.15, -0.1) is 10.2 Å². The average molecular weight is 380 g/mol. The van der Waals surface area contributed by atoms with Crippen LogP contribution in [0.4, 0.5) is 11.4 Å². The predicted molar refractivity (Wildman–Crippen MR) is 103 cm³/mol. The third-order valence-corrected chi connectivity index (χ3v) is 4.36. The van der Waals surface area contributed by atoms with Crippen LogP contribution >= 0.6 is 0 Å². The zero-order valence-electron chi connectivity index (χ0n) is 15.2. The lowest BCUT2D eigenvalue weighted by Gasteiger charge is -2.28. The molecule has 1 amide bonds. The van der Waals surface area contributed by atoms with Gasteiger partial charge in [0.25, 0.3) is 11.8 Å². The Morgan fingerprint density at radius 3 is 2.64 bits per heavy atom. The van der Waals surface area contributed by atoms with Gasteiger partial charge < -0.3 is 24.1 Å². The molecular weight excluding hydrogens is 360 g/mol. The second-order valence-electron chi connectivity index (χ2n) is 6.22. The molecule has 28 heavy (non-hydrogen) atoms. The summed E-state index contributed by atoms with van der Waals surface area (Å²) in [5.41, 5.74) is 2.48. The quantitative estimate of drug-likeness (QED) is 0.703. The number of hydrogen-bond donors (Lipinski definition) is 1. The van der Waals surface area contributed by atoms with Crippen molar-refractivity contribution in [2.45, 2.75) is 0 Å². The van der Waals surface area contributed by atoms with Crippen molar-refractivity contribution < 1.29 is 18.7 Å². The van der Waals surface area contributed by atoms with E-state index in [0.29, 0.717) is 17.2 Å². The van der Waals surface area contributed by atoms with Crippen LogP contribution in [0.25, 0.3) is 11.5 Å². The van der Waals surface area contributed by atoms with Gasteiger partial charge in [0.2, 0.25) is 6.39 Å². The van der Waals surface area contributed by atoms with Crippen molar-refractivity contribution in [3.8, 4) is 17.2 Å². The number of carbonyl (C=O) groups excluding carboxylic acids is 1. The molecule has 1 aliphatic heterocycles. The lowest BCUT2D eigenvalue weighted by molar-refractivity contribution is -0.118. The average Bonchev–Trinajstić information content (AvgIpc) is 3.28. The highest BCUT2D eigenvalue weighted by atomic mass is 16.5. The van der Waals surface area contributed by atoms with Gasteiger partial charge in [-0.2, -0.15) is 0 Å². The standard InChI is InChI=1S/C20H20N4O4/c25-19(13-27-18-4-2-1-3-17(18)20-23-21-14-28-20)22-15-5-7-16(8-6-15)24-9-11-26-12-10-24/h1-8,14H,9-13H2,(H,22,25). The van der Waals surface area contributed by atoms with Crippen molar-refractivity contribution in [3.63, 3.8) is 0 Å². The molecule has 0 radical (unpaired) electrons. The van der Waals surface area contributed by atoms with Gasteiger partial charge in [-0.3, -0.25) is 4.79 Å². The minimum atomic E-state index is -0.251. The van der Waals surface area contributed by atoms with Gasteiger partial charge in [0.15, 0.2) is 6.61 Å². The summed E-state index contributed by atoms with van der Waals surface area (Å²) in [6.07, 6.45) is 1.25. The van der Waals surface area contributed by atoms with Crippen LogP contribution in [0.3, 0.4) is 0 Å². The molecule has 0 spiro atoms. The second-order valence-corrected chi connectivity index (χ2v) is 6.22. The fourth-order valence-corrected chi connectivity index (χ4v) is 2.98. The molecule has 8 heteroatoms. The summed E-state index contributed by atoms with van der Waals surface area (Å²) in [7, 11) is 0. The van der Waals surface area contributed by atoms with Crippen molar-refractivity contribution in [3.05, 3.63) is 54.9 Å². The lowest BCUT2D eigenvalue weighted by atomic mass is 10.2. The largest absolute Gasteiger partial charge is 0.483 e. The van der Waals surface area contributed by atoms with Crippen LogP contribution in [0.2, 0.25) is 0 Å². The van der Waals surface area contributed by atoms with E-state index in [0.717, 1.165) is 37.7 Å². The number of rotatable bonds is 6. The van der Waals surface area contributed by atoms with Gasteiger partial charge >= 0.3 is 0 Å². The first-order valence-corrected chi connectivity index (χ1v) is 9.00. The van der Waals surface area contributed by atoms with E-state index in [1.807, 2.05) is 36.4 Å². The minimum Gasteiger partial charge on any atom is -0.483 e. The summed E-state index contributed by atoms with van der Waals surface area (Å²) in [5.74, 6) is 0.596. The number of para-hydroxylation sites is 1. The smallest absolute Gasteiger partial charge is 0.262 e. The number of nitrogens with one attached hydrogen (secondary N) is 1. The Morgan fingerprint density at radius 1 is 1.11 bits per heavy atom. The molecule has 1 fully saturated rings. The maximum absolute atomic E-state index is 12.3. The van der Waals surface area contributed by atoms with Crippen molar-refractivity contribution in [1.82, 2.24) is 10.2 Å². The number of carbonyl (C=O) groups is 1. The van der Waals surface area contributed by atoms with E-state index in [-0.39, 0.29) is 12.5 Å². The number of benzene rings is 2. The zero-order valence-corrected chi connectivity index (χ0v) is 15.2. The molecule has 0 aliphatic carbocycles. The van der Waals surface area contributed by atoms with Gasteiger partial charge in [-0.25, -0.2) is 0 Å². The third-order valence-electron chi connectivity index (χ3n) is 4.36. The van der Waals surface area contributed by atoms with Gasteiger partial charge in [-0.05, 0) is 36.4 Å². The first kappa shape index (κ1) is 18.0. The maximum Gasteiger partial charge on any atom is 0.262 e. The topological polar surface area (TPSA) is 89.7 Å². The Balaban J connectivity index is 1.34. The normalized spacial score (nSPS) is 13.9. The molecule has 0 unspecified atom stereocenters. The highest BCUT2D eigenvalue weighted by Gasteiger charge is 2.13. The first-order chi connectivity index (χ1) is 13.8. The summed E-state index contributed by atoms with van der Waals surface area (Å²) < 4.78 is 16.2. The number of amides is 1. The molecule has 1 aromatic heterocycles. The summed E-state index contributed by atoms with van der Waals surface area (Å²) in [6, 6.07) is 15.0. The summed E-state index contributed by atoms with van der Waals surface area (Å²) in [4.78, 5) is 14.5. The third kappa shape index (κ3) is 4.29. The van der Waals surface area contributed by atoms with Crippen LogP contribution in [0.5, 0.6) is 5.75 Å². The fourth-order valence-electron chi connectivity index (χ4n) is 2.98. The summed E-state index contributed by atoms with van der Waals surface area (Å²) >= 11 is 0. The zero-order chi connectivity index (χ0) is 19.2. The Hall–Kier alpha value is -3.39. The maximum atomic E-state index is 12.3. The summed E-state index contributed by atoms with van der Waals surface area (Å²) in [5, 5.41) is 10.4. The van der Waals surface area contributed by atoms with Crippen LogP contribution < -0.4 is 15.0 Å². The Kier molecular flexibility index (Phi) is 5.48. The van der Waals surface area contributed by atoms with E-state index in [2.05, 4.69) is 20.4 Å². The van der Waals surface area contributed by atoms with Gasteiger partial charge in [0.05, 0.1) is 18.8 Å². The molecule has 1 saturated heterocycles. The number of anilines is 2. The SMILES string of the molecule is O=C(COc1ccccc1-c1nnco1)Nc1ccc(N2CCOCC2)cc1. The van der Waals surface area contributed by atoms with Crippen LogP contribution in [0, 0.1) is 0 Å². The van der Waals surface area contributed by atoms with E-state index in [1.165, 1.54) is 6.39 Å². The highest BCUT2D eigenvalue weighted by molar-refractivity contribution is 5.92. The molecule has 2 heterocycles. The number of morpholine rings is 1. The number of hydrogen-bond acceptors (Lipinski definition) is 7. The van der Waals surface area contributed by atoms with Gasteiger partial charge in [0.1, 0.15) is 5.75 Å². The number of aromatic nitrogens is 2. The molecule has 8 nitrogen and oxygen atoms in total. The molecule has 1 N–H and O–H groups in total. The summed E-state index contributed by atoms with van der Waals surface area (Å²) in [6.45, 7) is 3.09. The Morgan fingerprint density at radius 2 is 1.89 bits per heavy atom. The van der Waals surface area contributed by atoms with Gasteiger partial charge in [0, 0.05) is 24.5 Å². The molecule has 4 rings (SSSR count). The first-order valence-electron chi connectivity index (χ1n) is 9.00.